The predicted molar refractivity (Wildman–Crippen MR) is 95.5 cm³/mol. The lowest BCUT2D eigenvalue weighted by atomic mass is 10.0. The summed E-state index contributed by atoms with van der Waals surface area (Å²) in [6.45, 7) is 6.00. The monoisotopic (exact) mass is 360 g/mol. The second-order valence-corrected chi connectivity index (χ2v) is 6.82. The quantitative estimate of drug-likeness (QED) is 0.589. The van der Waals surface area contributed by atoms with Crippen molar-refractivity contribution in [3.63, 3.8) is 0 Å². The van der Waals surface area contributed by atoms with Gasteiger partial charge in [-0.25, -0.2) is 9.36 Å². The summed E-state index contributed by atoms with van der Waals surface area (Å²) >= 11 is 0. The molecule has 0 saturated carbocycles. The Morgan fingerprint density at radius 2 is 2.15 bits per heavy atom. The Kier molecular flexibility index (Phi) is 4.95. The first-order valence-corrected chi connectivity index (χ1v) is 9.02. The average Bonchev–Trinajstić information content (AvgIpc) is 3.03. The van der Waals surface area contributed by atoms with Gasteiger partial charge in [-0.2, -0.15) is 4.90 Å². The van der Waals surface area contributed by atoms with Gasteiger partial charge in [0.05, 0.1) is 12.2 Å². The highest BCUT2D eigenvalue weighted by atomic mass is 16.2. The zero-order chi connectivity index (χ0) is 19.0. The molecule has 8 heteroatoms. The predicted octanol–water partition coefficient (Wildman–Crippen LogP) is -0.965. The number of nitrogens with zero attached hydrogens (tertiary/aromatic N) is 2. The number of aromatic nitrogens is 1. The maximum absolute atomic E-state index is 13.2. The fraction of sp³-hybridized carbons (Fsp3) is 0.556. The van der Waals surface area contributed by atoms with Crippen LogP contribution >= 0.6 is 0 Å². The van der Waals surface area contributed by atoms with Crippen LogP contribution in [0.1, 0.15) is 32.4 Å². The van der Waals surface area contributed by atoms with E-state index in [1.807, 2.05) is 36.7 Å². The first kappa shape index (κ1) is 18.3. The third-order valence-corrected chi connectivity index (χ3v) is 5.23. The van der Waals surface area contributed by atoms with Crippen LogP contribution in [0.3, 0.4) is 0 Å². The zero-order valence-electron chi connectivity index (χ0n) is 15.6. The van der Waals surface area contributed by atoms with E-state index in [2.05, 4.69) is 16.0 Å². The summed E-state index contributed by atoms with van der Waals surface area (Å²) in [5.41, 5.74) is 0.970. The number of rotatable bonds is 5. The van der Waals surface area contributed by atoms with E-state index >= 15 is 0 Å². The lowest BCUT2D eigenvalue weighted by molar-refractivity contribution is -0.710. The summed E-state index contributed by atoms with van der Waals surface area (Å²) in [5.74, 6) is 0.0993. The molecule has 2 aliphatic rings. The van der Waals surface area contributed by atoms with Gasteiger partial charge in [-0.15, -0.1) is 0 Å². The van der Waals surface area contributed by atoms with Crippen molar-refractivity contribution in [3.05, 3.63) is 23.9 Å². The Labute approximate surface area is 152 Å². The van der Waals surface area contributed by atoms with Crippen LogP contribution in [0, 0.1) is 0 Å². The maximum Gasteiger partial charge on any atom is 0.337 e. The average molecular weight is 360 g/mol. The van der Waals surface area contributed by atoms with Crippen molar-refractivity contribution in [1.82, 2.24) is 16.0 Å². The Morgan fingerprint density at radius 3 is 2.81 bits per heavy atom. The number of anilines is 1. The van der Waals surface area contributed by atoms with Gasteiger partial charge in [0.15, 0.2) is 12.1 Å². The molecule has 0 fully saturated rings. The normalized spacial score (nSPS) is 24.8. The van der Waals surface area contributed by atoms with Crippen molar-refractivity contribution in [2.24, 2.45) is 0 Å². The molecule has 0 spiro atoms. The minimum atomic E-state index is -0.721. The third kappa shape index (κ3) is 2.84. The molecule has 1 aromatic heterocycles. The Hall–Kier alpha value is -2.48. The highest BCUT2D eigenvalue weighted by Gasteiger charge is 2.55. The van der Waals surface area contributed by atoms with E-state index in [1.54, 1.807) is 18.9 Å². The lowest BCUT2D eigenvalue weighted by Gasteiger charge is -2.32. The number of carbonyl (C=O) groups excluding carboxylic acids is 3. The summed E-state index contributed by atoms with van der Waals surface area (Å²) in [6.07, 6.45) is 2.37. The number of pyridine rings is 1. The van der Waals surface area contributed by atoms with E-state index in [0.717, 1.165) is 11.4 Å². The van der Waals surface area contributed by atoms with E-state index < -0.39 is 18.1 Å². The molecule has 1 aromatic rings. The first-order valence-electron chi connectivity index (χ1n) is 9.02. The van der Waals surface area contributed by atoms with Crippen LogP contribution in [0.2, 0.25) is 0 Å². The molecule has 26 heavy (non-hydrogen) atoms. The van der Waals surface area contributed by atoms with Crippen LogP contribution in [0.5, 0.6) is 0 Å². The summed E-state index contributed by atoms with van der Waals surface area (Å²) in [5, 5.41) is 8.52. The van der Waals surface area contributed by atoms with Crippen LogP contribution in [0.15, 0.2) is 18.3 Å². The van der Waals surface area contributed by atoms with Crippen molar-refractivity contribution < 1.29 is 19.0 Å². The van der Waals surface area contributed by atoms with Crippen molar-refractivity contribution in [2.75, 3.05) is 18.5 Å². The number of hydrogen-bond acceptors (Lipinski definition) is 4. The SMILES string of the molecule is CCNC(=O)C1Cc2ccc[n+]3c2N1C(=O)C(NC(=O)C(C)NC)C3C. The Morgan fingerprint density at radius 1 is 1.42 bits per heavy atom. The van der Waals surface area contributed by atoms with E-state index in [1.165, 1.54) is 0 Å². The summed E-state index contributed by atoms with van der Waals surface area (Å²) in [4.78, 5) is 39.6. The van der Waals surface area contributed by atoms with E-state index in [0.29, 0.717) is 13.0 Å². The van der Waals surface area contributed by atoms with Gasteiger partial charge >= 0.3 is 5.91 Å². The topological polar surface area (TPSA) is 94.4 Å². The maximum atomic E-state index is 13.2. The minimum absolute atomic E-state index is 0.174. The van der Waals surface area contributed by atoms with Crippen molar-refractivity contribution in [2.45, 2.75) is 51.4 Å². The molecule has 3 heterocycles. The van der Waals surface area contributed by atoms with Crippen LogP contribution < -0.4 is 25.4 Å². The summed E-state index contributed by atoms with van der Waals surface area (Å²) in [6, 6.07) is 1.90. The fourth-order valence-corrected chi connectivity index (χ4v) is 3.65. The highest BCUT2D eigenvalue weighted by Crippen LogP contribution is 2.34. The number of carbonyl (C=O) groups is 3. The molecule has 3 N–H and O–H groups in total. The molecule has 0 aliphatic carbocycles. The van der Waals surface area contributed by atoms with Crippen LogP contribution in [0.4, 0.5) is 5.82 Å². The highest BCUT2D eigenvalue weighted by molar-refractivity contribution is 6.06. The fourth-order valence-electron chi connectivity index (χ4n) is 3.65. The molecule has 0 aromatic carbocycles. The molecule has 0 radical (unpaired) electrons. The molecule has 140 valence electrons. The van der Waals surface area contributed by atoms with Crippen molar-refractivity contribution in [1.29, 1.82) is 0 Å². The molecule has 3 rings (SSSR count). The van der Waals surface area contributed by atoms with Gasteiger partial charge in [0, 0.05) is 18.5 Å². The van der Waals surface area contributed by atoms with Gasteiger partial charge in [-0.1, -0.05) is 0 Å². The molecule has 0 bridgehead atoms. The molecule has 2 aliphatic heterocycles. The number of likely N-dealkylation sites (N-methyl/N-ethyl adjacent to an activating group) is 2. The van der Waals surface area contributed by atoms with Gasteiger partial charge in [-0.3, -0.25) is 9.59 Å². The first-order chi connectivity index (χ1) is 12.4. The van der Waals surface area contributed by atoms with E-state index in [9.17, 15) is 14.4 Å². The Bertz CT molecular complexity index is 750. The van der Waals surface area contributed by atoms with Gasteiger partial charge in [0.2, 0.25) is 5.91 Å². The molecule has 4 atom stereocenters. The Balaban J connectivity index is 1.98. The molecule has 3 amide bonds. The molecular formula is C18H26N5O3+. The second kappa shape index (κ2) is 7.03. The minimum Gasteiger partial charge on any atom is -0.353 e. The van der Waals surface area contributed by atoms with Crippen molar-refractivity contribution >= 4 is 23.5 Å². The van der Waals surface area contributed by atoms with Gasteiger partial charge < -0.3 is 16.0 Å². The van der Waals surface area contributed by atoms with Gasteiger partial charge in [0.25, 0.3) is 11.7 Å². The van der Waals surface area contributed by atoms with Gasteiger partial charge in [-0.05, 0) is 40.0 Å². The van der Waals surface area contributed by atoms with Gasteiger partial charge in [0.1, 0.15) is 6.04 Å². The molecule has 8 nitrogen and oxygen atoms in total. The summed E-state index contributed by atoms with van der Waals surface area (Å²) in [7, 11) is 1.69. The molecule has 4 unspecified atom stereocenters. The molecule has 0 saturated heterocycles. The second-order valence-electron chi connectivity index (χ2n) is 6.82. The van der Waals surface area contributed by atoms with Crippen LogP contribution in [0.25, 0.3) is 0 Å². The number of hydrogen-bond donors (Lipinski definition) is 3. The smallest absolute Gasteiger partial charge is 0.337 e. The number of nitrogens with one attached hydrogen (secondary N) is 3. The van der Waals surface area contributed by atoms with E-state index in [4.69, 9.17) is 0 Å². The van der Waals surface area contributed by atoms with Crippen molar-refractivity contribution in [3.8, 4) is 0 Å². The zero-order valence-corrected chi connectivity index (χ0v) is 15.6. The standard InChI is InChI=1S/C18H25N5O3/c1-5-20-16(25)13-9-12-7-6-8-22-11(3)14(18(26)23(13)17(12)22)21-15(24)10(2)19-4/h6-8,10-11,13-14,19H,5,9H2,1-4H3,(H-,20,21,24,25)/p+1. The lowest BCUT2D eigenvalue weighted by Crippen LogP contribution is -2.67. The largest absolute Gasteiger partial charge is 0.353 e. The summed E-state index contributed by atoms with van der Waals surface area (Å²) < 4.78 is 1.98. The third-order valence-electron chi connectivity index (χ3n) is 5.23. The molecular weight excluding hydrogens is 334 g/mol. The van der Waals surface area contributed by atoms with Crippen LogP contribution in [-0.4, -0.2) is 49.4 Å². The van der Waals surface area contributed by atoms with Crippen LogP contribution in [-0.2, 0) is 20.8 Å². The number of amides is 3. The van der Waals surface area contributed by atoms with E-state index in [-0.39, 0.29) is 23.8 Å².